The van der Waals surface area contributed by atoms with Crippen LogP contribution in [0.4, 0.5) is 11.4 Å². The number of hydrogen-bond acceptors (Lipinski definition) is 3. The average molecular weight is 250 g/mol. The van der Waals surface area contributed by atoms with Crippen molar-refractivity contribution in [2.24, 2.45) is 0 Å². The average Bonchev–Trinajstić information content (AvgIpc) is 2.22. The third-order valence-corrected chi connectivity index (χ3v) is 2.53. The summed E-state index contributed by atoms with van der Waals surface area (Å²) in [7, 11) is 0. The number of nitrogen functional groups attached to an aromatic ring is 1. The van der Waals surface area contributed by atoms with Crippen molar-refractivity contribution in [2.75, 3.05) is 11.1 Å². The fraction of sp³-hybridized carbons (Fsp3) is 0.500. The largest absolute Gasteiger partial charge is 0.398 e. The Bertz CT molecular complexity index is 436. The highest BCUT2D eigenvalue weighted by atomic mass is 16.5. The van der Waals surface area contributed by atoms with Gasteiger partial charge < -0.3 is 15.8 Å². The van der Waals surface area contributed by atoms with Gasteiger partial charge in [-0.05, 0) is 52.3 Å². The number of ether oxygens (including phenoxy) is 1. The van der Waals surface area contributed by atoms with Gasteiger partial charge in [-0.2, -0.15) is 0 Å². The van der Waals surface area contributed by atoms with Gasteiger partial charge in [0.1, 0.15) is 6.10 Å². The van der Waals surface area contributed by atoms with Gasteiger partial charge in [-0.1, -0.05) is 6.07 Å². The van der Waals surface area contributed by atoms with E-state index in [1.54, 1.807) is 13.0 Å². The first-order chi connectivity index (χ1) is 8.20. The van der Waals surface area contributed by atoms with Crippen molar-refractivity contribution >= 4 is 17.3 Å². The number of carbonyl (C=O) groups is 1. The molecule has 0 saturated heterocycles. The summed E-state index contributed by atoms with van der Waals surface area (Å²) in [6.07, 6.45) is -0.508. The van der Waals surface area contributed by atoms with Gasteiger partial charge in [0.05, 0.1) is 5.60 Å². The molecule has 0 fully saturated rings. The van der Waals surface area contributed by atoms with Crippen LogP contribution in [0.25, 0.3) is 0 Å². The Hall–Kier alpha value is -1.55. The van der Waals surface area contributed by atoms with Crippen molar-refractivity contribution in [3.05, 3.63) is 23.8 Å². The van der Waals surface area contributed by atoms with E-state index in [1.165, 1.54) is 0 Å². The Morgan fingerprint density at radius 1 is 1.39 bits per heavy atom. The van der Waals surface area contributed by atoms with Crippen LogP contribution in [-0.2, 0) is 9.53 Å². The van der Waals surface area contributed by atoms with Crippen LogP contribution >= 0.6 is 0 Å². The van der Waals surface area contributed by atoms with E-state index in [4.69, 9.17) is 10.5 Å². The lowest BCUT2D eigenvalue weighted by atomic mass is 10.1. The molecular weight excluding hydrogens is 228 g/mol. The van der Waals surface area contributed by atoms with E-state index in [0.717, 1.165) is 11.3 Å². The summed E-state index contributed by atoms with van der Waals surface area (Å²) in [6, 6.07) is 5.45. The SMILES string of the molecule is Cc1c(N)cccc1NC(=O)C(C)OC(C)(C)C. The van der Waals surface area contributed by atoms with E-state index < -0.39 is 6.10 Å². The molecule has 0 spiro atoms. The first kappa shape index (κ1) is 14.5. The van der Waals surface area contributed by atoms with Crippen LogP contribution in [0.3, 0.4) is 0 Å². The summed E-state index contributed by atoms with van der Waals surface area (Å²) in [6.45, 7) is 9.37. The molecule has 0 aliphatic heterocycles. The zero-order valence-electron chi connectivity index (χ0n) is 11.7. The van der Waals surface area contributed by atoms with E-state index >= 15 is 0 Å². The van der Waals surface area contributed by atoms with Crippen LogP contribution in [0.2, 0.25) is 0 Å². The van der Waals surface area contributed by atoms with Crippen LogP contribution in [0, 0.1) is 6.92 Å². The second kappa shape index (κ2) is 5.40. The second-order valence-corrected chi connectivity index (χ2v) is 5.38. The third-order valence-electron chi connectivity index (χ3n) is 2.53. The number of nitrogens with one attached hydrogen (secondary N) is 1. The van der Waals surface area contributed by atoms with E-state index in [-0.39, 0.29) is 11.5 Å². The highest BCUT2D eigenvalue weighted by molar-refractivity contribution is 5.95. The molecule has 4 nitrogen and oxygen atoms in total. The van der Waals surface area contributed by atoms with Crippen molar-refractivity contribution in [3.8, 4) is 0 Å². The van der Waals surface area contributed by atoms with Crippen molar-refractivity contribution in [3.63, 3.8) is 0 Å². The smallest absolute Gasteiger partial charge is 0.253 e. The van der Waals surface area contributed by atoms with Gasteiger partial charge in [-0.25, -0.2) is 0 Å². The van der Waals surface area contributed by atoms with E-state index in [2.05, 4.69) is 5.32 Å². The normalized spacial score (nSPS) is 13.2. The summed E-state index contributed by atoms with van der Waals surface area (Å²) in [5, 5.41) is 2.83. The van der Waals surface area contributed by atoms with Gasteiger partial charge >= 0.3 is 0 Å². The molecule has 1 atom stereocenters. The predicted molar refractivity (Wildman–Crippen MR) is 74.5 cm³/mol. The Morgan fingerprint density at radius 3 is 2.56 bits per heavy atom. The molecule has 1 unspecified atom stereocenters. The van der Waals surface area contributed by atoms with E-state index in [0.29, 0.717) is 5.69 Å². The summed E-state index contributed by atoms with van der Waals surface area (Å²) >= 11 is 0. The number of carbonyl (C=O) groups excluding carboxylic acids is 1. The van der Waals surface area contributed by atoms with E-state index in [9.17, 15) is 4.79 Å². The molecule has 0 saturated carbocycles. The maximum absolute atomic E-state index is 12.0. The zero-order chi connectivity index (χ0) is 13.9. The Kier molecular flexibility index (Phi) is 4.35. The fourth-order valence-corrected chi connectivity index (χ4v) is 1.61. The minimum Gasteiger partial charge on any atom is -0.398 e. The fourth-order valence-electron chi connectivity index (χ4n) is 1.61. The molecule has 1 amide bonds. The topological polar surface area (TPSA) is 64.3 Å². The Labute approximate surface area is 109 Å². The lowest BCUT2D eigenvalue weighted by Gasteiger charge is -2.24. The van der Waals surface area contributed by atoms with Crippen LogP contribution in [0.5, 0.6) is 0 Å². The van der Waals surface area contributed by atoms with Gasteiger partial charge in [0, 0.05) is 11.4 Å². The highest BCUT2D eigenvalue weighted by Gasteiger charge is 2.21. The molecule has 0 bridgehead atoms. The van der Waals surface area contributed by atoms with Crippen LogP contribution in [-0.4, -0.2) is 17.6 Å². The second-order valence-electron chi connectivity index (χ2n) is 5.38. The molecular formula is C14H22N2O2. The Balaban J connectivity index is 2.73. The predicted octanol–water partition coefficient (Wildman–Crippen LogP) is 2.72. The highest BCUT2D eigenvalue weighted by Crippen LogP contribution is 2.21. The maximum Gasteiger partial charge on any atom is 0.253 e. The van der Waals surface area contributed by atoms with E-state index in [1.807, 2.05) is 39.8 Å². The number of anilines is 2. The van der Waals surface area contributed by atoms with Gasteiger partial charge in [-0.15, -0.1) is 0 Å². The van der Waals surface area contributed by atoms with Crippen LogP contribution in [0.1, 0.15) is 33.3 Å². The zero-order valence-corrected chi connectivity index (χ0v) is 11.7. The lowest BCUT2D eigenvalue weighted by Crippen LogP contribution is -2.34. The molecule has 3 N–H and O–H groups in total. The lowest BCUT2D eigenvalue weighted by molar-refractivity contribution is -0.135. The molecule has 1 aromatic rings. The van der Waals surface area contributed by atoms with Crippen molar-refractivity contribution in [1.29, 1.82) is 0 Å². The van der Waals surface area contributed by atoms with Crippen molar-refractivity contribution in [1.82, 2.24) is 0 Å². The summed E-state index contributed by atoms with van der Waals surface area (Å²) < 4.78 is 5.60. The molecule has 0 radical (unpaired) electrons. The minimum absolute atomic E-state index is 0.168. The molecule has 100 valence electrons. The molecule has 0 aliphatic rings. The monoisotopic (exact) mass is 250 g/mol. The van der Waals surface area contributed by atoms with Crippen molar-refractivity contribution in [2.45, 2.75) is 46.3 Å². The molecule has 0 heterocycles. The van der Waals surface area contributed by atoms with Gasteiger partial charge in [0.2, 0.25) is 0 Å². The van der Waals surface area contributed by atoms with Crippen LogP contribution < -0.4 is 11.1 Å². The number of nitrogens with two attached hydrogens (primary N) is 1. The molecule has 18 heavy (non-hydrogen) atoms. The third kappa shape index (κ3) is 4.04. The first-order valence-electron chi connectivity index (χ1n) is 6.04. The molecule has 4 heteroatoms. The molecule has 0 aromatic heterocycles. The number of benzene rings is 1. The van der Waals surface area contributed by atoms with Gasteiger partial charge in [0.25, 0.3) is 5.91 Å². The quantitative estimate of drug-likeness (QED) is 0.811. The Morgan fingerprint density at radius 2 is 2.00 bits per heavy atom. The van der Waals surface area contributed by atoms with Crippen molar-refractivity contribution < 1.29 is 9.53 Å². The number of hydrogen-bond donors (Lipinski definition) is 2. The summed E-state index contributed by atoms with van der Waals surface area (Å²) in [4.78, 5) is 12.0. The first-order valence-corrected chi connectivity index (χ1v) is 6.04. The molecule has 0 aliphatic carbocycles. The molecule has 1 aromatic carbocycles. The molecule has 1 rings (SSSR count). The minimum atomic E-state index is -0.508. The van der Waals surface area contributed by atoms with Gasteiger partial charge in [-0.3, -0.25) is 4.79 Å². The standard InChI is InChI=1S/C14H22N2O2/c1-9-11(15)7-6-8-12(9)16-13(17)10(2)18-14(3,4)5/h6-8,10H,15H2,1-5H3,(H,16,17). The van der Waals surface area contributed by atoms with Crippen LogP contribution in [0.15, 0.2) is 18.2 Å². The van der Waals surface area contributed by atoms with Gasteiger partial charge in [0.15, 0.2) is 0 Å². The summed E-state index contributed by atoms with van der Waals surface area (Å²) in [5.74, 6) is -0.168. The maximum atomic E-state index is 12.0. The number of rotatable bonds is 3. The summed E-state index contributed by atoms with van der Waals surface area (Å²) in [5.41, 5.74) is 7.71. The number of amides is 1.